The molecule has 0 bridgehead atoms. The third-order valence-corrected chi connectivity index (χ3v) is 9.17. The smallest absolute Gasteiger partial charge is 0.251 e. The first-order valence-corrected chi connectivity index (χ1v) is 15.0. The van der Waals surface area contributed by atoms with Crippen LogP contribution in [-0.2, 0) is 45.5 Å². The molecule has 4 heterocycles. The lowest BCUT2D eigenvalue weighted by Gasteiger charge is -2.31. The Hall–Kier alpha value is -3.93. The van der Waals surface area contributed by atoms with Crippen molar-refractivity contribution in [3.8, 4) is 0 Å². The van der Waals surface area contributed by atoms with E-state index >= 15 is 4.39 Å². The number of amides is 1. The molecule has 212 valence electrons. The highest BCUT2D eigenvalue weighted by Gasteiger charge is 2.26. The minimum atomic E-state index is -3.53. The van der Waals surface area contributed by atoms with E-state index in [4.69, 9.17) is 14.5 Å². The van der Waals surface area contributed by atoms with Gasteiger partial charge in [-0.05, 0) is 54.3 Å². The zero-order valence-electron chi connectivity index (χ0n) is 22.5. The van der Waals surface area contributed by atoms with Crippen LogP contribution in [0.5, 0.6) is 0 Å². The second kappa shape index (κ2) is 11.2. The molecule has 6 rings (SSSR count). The molecule has 0 radical (unpaired) electrons. The topological polar surface area (TPSA) is 111 Å². The number of methoxy groups -OCH3 is 1. The van der Waals surface area contributed by atoms with Crippen molar-refractivity contribution in [2.45, 2.75) is 37.5 Å². The Morgan fingerprint density at radius 2 is 2.00 bits per heavy atom. The van der Waals surface area contributed by atoms with Crippen LogP contribution in [-0.4, -0.2) is 50.3 Å². The number of nitrogens with one attached hydrogen (secondary N) is 1. The zero-order valence-corrected chi connectivity index (χ0v) is 23.3. The van der Waals surface area contributed by atoms with Crippen molar-refractivity contribution in [2.24, 2.45) is 0 Å². The second-order valence-electron chi connectivity index (χ2n) is 10.1. The molecule has 2 aliphatic heterocycles. The van der Waals surface area contributed by atoms with Gasteiger partial charge in [-0.3, -0.25) is 9.78 Å². The first-order valence-electron chi connectivity index (χ1n) is 13.4. The average molecular weight is 577 g/mol. The molecule has 0 saturated carbocycles. The van der Waals surface area contributed by atoms with Crippen molar-refractivity contribution in [1.82, 2.24) is 15.3 Å². The minimum absolute atomic E-state index is 0.120. The van der Waals surface area contributed by atoms with Crippen molar-refractivity contribution >= 4 is 38.2 Å². The van der Waals surface area contributed by atoms with Crippen LogP contribution >= 0.6 is 0 Å². The number of hydrogen-bond donors (Lipinski definition) is 1. The minimum Gasteiger partial charge on any atom is -0.380 e. The van der Waals surface area contributed by atoms with Gasteiger partial charge >= 0.3 is 0 Å². The highest BCUT2D eigenvalue weighted by Crippen LogP contribution is 2.37. The Morgan fingerprint density at radius 1 is 1.15 bits per heavy atom. The number of hydrogen-bond acceptors (Lipinski definition) is 8. The molecule has 0 unspecified atom stereocenters. The number of halogens is 1. The van der Waals surface area contributed by atoms with Crippen molar-refractivity contribution in [3.05, 3.63) is 88.5 Å². The number of carbonyl (C=O) groups excluding carboxylic acids is 1. The lowest BCUT2D eigenvalue weighted by Crippen LogP contribution is -2.27. The van der Waals surface area contributed by atoms with Crippen molar-refractivity contribution in [2.75, 3.05) is 30.9 Å². The Morgan fingerprint density at radius 3 is 2.85 bits per heavy atom. The third-order valence-electron chi connectivity index (χ3n) is 7.42. The van der Waals surface area contributed by atoms with Gasteiger partial charge in [0.25, 0.3) is 5.91 Å². The summed E-state index contributed by atoms with van der Waals surface area (Å²) in [4.78, 5) is 24.2. The van der Waals surface area contributed by atoms with E-state index in [2.05, 4.69) is 10.3 Å². The normalized spacial score (nSPS) is 16.1. The zero-order chi connectivity index (χ0) is 28.6. The van der Waals surface area contributed by atoms with Crippen LogP contribution in [0.3, 0.4) is 0 Å². The number of ether oxygens (including phenoxy) is 2. The van der Waals surface area contributed by atoms with Crippen molar-refractivity contribution < 1.29 is 27.1 Å². The monoisotopic (exact) mass is 576 g/mol. The maximum absolute atomic E-state index is 15.5. The molecule has 0 aliphatic carbocycles. The van der Waals surface area contributed by atoms with Gasteiger partial charge in [0.15, 0.2) is 15.7 Å². The fraction of sp³-hybridized carbons (Fsp3) is 0.300. The Kier molecular flexibility index (Phi) is 7.41. The van der Waals surface area contributed by atoms with Gasteiger partial charge in [-0.1, -0.05) is 18.2 Å². The first-order chi connectivity index (χ1) is 19.8. The van der Waals surface area contributed by atoms with E-state index in [0.29, 0.717) is 40.4 Å². The van der Waals surface area contributed by atoms with Crippen LogP contribution in [0, 0.1) is 5.82 Å². The Bertz CT molecular complexity index is 1760. The molecule has 9 nitrogen and oxygen atoms in total. The molecule has 11 heteroatoms. The number of nitrogens with zero attached hydrogens (tertiary/aromatic N) is 3. The molecule has 2 aromatic carbocycles. The molecule has 2 aliphatic rings. The van der Waals surface area contributed by atoms with Crippen LogP contribution in [0.1, 0.15) is 39.2 Å². The van der Waals surface area contributed by atoms with E-state index in [1.807, 2.05) is 23.1 Å². The fourth-order valence-corrected chi connectivity index (χ4v) is 6.70. The third kappa shape index (κ3) is 5.40. The number of anilines is 2. The number of aryl methyl sites for hydroxylation is 1. The van der Waals surface area contributed by atoms with Gasteiger partial charge < -0.3 is 19.7 Å². The van der Waals surface area contributed by atoms with Gasteiger partial charge in [-0.25, -0.2) is 17.8 Å². The number of benzene rings is 2. The quantitative estimate of drug-likeness (QED) is 0.363. The highest BCUT2D eigenvalue weighted by atomic mass is 32.2. The fourth-order valence-electron chi connectivity index (χ4n) is 5.31. The summed E-state index contributed by atoms with van der Waals surface area (Å²) in [5.74, 6) is -0.195. The van der Waals surface area contributed by atoms with E-state index in [-0.39, 0.29) is 48.4 Å². The molecular weight excluding hydrogens is 547 g/mol. The molecular formula is C30H29FN4O5S. The summed E-state index contributed by atoms with van der Waals surface area (Å²) >= 11 is 0. The summed E-state index contributed by atoms with van der Waals surface area (Å²) in [6.45, 7) is 1.26. The van der Waals surface area contributed by atoms with Gasteiger partial charge in [0.05, 0.1) is 53.9 Å². The number of rotatable bonds is 6. The van der Waals surface area contributed by atoms with Crippen LogP contribution in [0.2, 0.25) is 0 Å². The van der Waals surface area contributed by atoms with Crippen molar-refractivity contribution in [1.29, 1.82) is 0 Å². The SMILES string of the molecule is COCc1ccc2c(c1F)N(c1ccc3cnc(CNC(=O)c4ccc5c(c4)S(=O)(=O)CCOC5)cc3n1)CCC2. The average Bonchev–Trinajstić information content (AvgIpc) is 3.13. The van der Waals surface area contributed by atoms with E-state index in [1.54, 1.807) is 37.6 Å². The summed E-state index contributed by atoms with van der Waals surface area (Å²) in [5.41, 5.74) is 4.01. The number of sulfone groups is 1. The molecule has 41 heavy (non-hydrogen) atoms. The molecule has 4 aromatic rings. The molecule has 0 fully saturated rings. The number of aromatic nitrogens is 2. The van der Waals surface area contributed by atoms with Gasteiger partial charge in [-0.15, -0.1) is 0 Å². The van der Waals surface area contributed by atoms with E-state index < -0.39 is 15.7 Å². The predicted octanol–water partition coefficient (Wildman–Crippen LogP) is 4.23. The van der Waals surface area contributed by atoms with Gasteiger partial charge in [0.2, 0.25) is 0 Å². The maximum atomic E-state index is 15.5. The van der Waals surface area contributed by atoms with Crippen LogP contribution in [0.4, 0.5) is 15.9 Å². The first kappa shape index (κ1) is 27.3. The largest absolute Gasteiger partial charge is 0.380 e. The molecule has 0 spiro atoms. The van der Waals surface area contributed by atoms with Gasteiger partial charge in [0.1, 0.15) is 5.82 Å². The van der Waals surface area contributed by atoms with E-state index in [9.17, 15) is 13.2 Å². The lowest BCUT2D eigenvalue weighted by atomic mass is 9.98. The standard InChI is InChI=1S/C30H29FN4O5S/c1-39-17-23-7-4-19-3-2-10-35(29(19)28(23)31)27-9-8-21-15-32-24(14-25(21)34-27)16-33-30(36)20-5-6-22-18-40-11-12-41(37,38)26(22)13-20/h4-9,13-15H,2-3,10-12,16-18H2,1H3,(H,33,36). The van der Waals surface area contributed by atoms with Crippen LogP contribution < -0.4 is 10.2 Å². The molecule has 2 aromatic heterocycles. The summed E-state index contributed by atoms with van der Waals surface area (Å²) in [6.07, 6.45) is 3.35. The lowest BCUT2D eigenvalue weighted by molar-refractivity contribution is 0.0950. The molecule has 0 saturated heterocycles. The number of carbonyl (C=O) groups is 1. The second-order valence-corrected chi connectivity index (χ2v) is 12.2. The van der Waals surface area contributed by atoms with Gasteiger partial charge in [-0.2, -0.15) is 0 Å². The number of fused-ring (bicyclic) bond motifs is 3. The predicted molar refractivity (Wildman–Crippen MR) is 151 cm³/mol. The van der Waals surface area contributed by atoms with Crippen molar-refractivity contribution in [3.63, 3.8) is 0 Å². The summed E-state index contributed by atoms with van der Waals surface area (Å²) in [7, 11) is -1.98. The Labute approximate surface area is 237 Å². The summed E-state index contributed by atoms with van der Waals surface area (Å²) in [5, 5.41) is 3.63. The van der Waals surface area contributed by atoms with Crippen LogP contribution in [0.15, 0.2) is 59.6 Å². The van der Waals surface area contributed by atoms with Crippen LogP contribution in [0.25, 0.3) is 10.9 Å². The molecule has 1 amide bonds. The van der Waals surface area contributed by atoms with E-state index in [1.165, 1.54) is 6.07 Å². The summed E-state index contributed by atoms with van der Waals surface area (Å²) in [6, 6.07) is 13.9. The number of pyridine rings is 2. The molecule has 1 N–H and O–H groups in total. The Balaban J connectivity index is 1.23. The van der Waals surface area contributed by atoms with Gasteiger partial charge in [0, 0.05) is 36.4 Å². The maximum Gasteiger partial charge on any atom is 0.251 e. The summed E-state index contributed by atoms with van der Waals surface area (Å²) < 4.78 is 51.2. The van der Waals surface area contributed by atoms with E-state index in [0.717, 1.165) is 23.8 Å². The molecule has 0 atom stereocenters. The highest BCUT2D eigenvalue weighted by molar-refractivity contribution is 7.91.